The predicted molar refractivity (Wildman–Crippen MR) is 80.1 cm³/mol. The molecular formula is C7Br5N3O2. The molecule has 0 aliphatic heterocycles. The maximum atomic E-state index is 11.1. The van der Waals surface area contributed by atoms with Crippen molar-refractivity contribution in [2.45, 2.75) is 0 Å². The fourth-order valence-corrected chi connectivity index (χ4v) is 3.99. The van der Waals surface area contributed by atoms with E-state index in [2.05, 4.69) is 89.7 Å². The molecule has 0 aliphatic rings. The van der Waals surface area contributed by atoms with Crippen molar-refractivity contribution in [2.24, 2.45) is 5.11 Å². The smallest absolute Gasteiger partial charge is 0.402 e. The lowest BCUT2D eigenvalue weighted by molar-refractivity contribution is 0.210. The number of azide groups is 1. The standard InChI is InChI=1S/C7Br5N3O2/c8-1-2(9)4(11)6(5(12)3(1)10)17-7(16)14-15-13. The summed E-state index contributed by atoms with van der Waals surface area (Å²) < 4.78 is 7.94. The molecule has 1 aromatic rings. The number of carbonyl (C=O) groups excluding carboxylic acids is 1. The molecule has 1 rings (SSSR count). The van der Waals surface area contributed by atoms with Crippen molar-refractivity contribution >= 4 is 85.7 Å². The van der Waals surface area contributed by atoms with Crippen LogP contribution in [0.2, 0.25) is 0 Å². The van der Waals surface area contributed by atoms with Crippen molar-refractivity contribution in [3.63, 3.8) is 0 Å². The molecule has 0 bridgehead atoms. The first-order valence-corrected chi connectivity index (χ1v) is 7.65. The summed E-state index contributed by atoms with van der Waals surface area (Å²) in [5.41, 5.74) is 8.11. The Morgan fingerprint density at radius 1 is 1.00 bits per heavy atom. The average Bonchev–Trinajstić information content (AvgIpc) is 2.30. The number of nitrogens with zero attached hydrogens (tertiary/aromatic N) is 3. The predicted octanol–water partition coefficient (Wildman–Crippen LogP) is 6.31. The van der Waals surface area contributed by atoms with E-state index in [4.69, 9.17) is 10.3 Å². The Balaban J connectivity index is 3.34. The molecule has 0 spiro atoms. The Morgan fingerprint density at radius 3 is 1.82 bits per heavy atom. The van der Waals surface area contributed by atoms with E-state index in [1.54, 1.807) is 0 Å². The first-order chi connectivity index (χ1) is 7.90. The number of ether oxygens (including phenoxy) is 1. The van der Waals surface area contributed by atoms with Crippen LogP contribution in [0.4, 0.5) is 4.79 Å². The van der Waals surface area contributed by atoms with Crippen LogP contribution in [0, 0.1) is 0 Å². The van der Waals surface area contributed by atoms with E-state index in [1.807, 2.05) is 0 Å². The zero-order valence-corrected chi connectivity index (χ0v) is 15.5. The largest absolute Gasteiger partial charge is 0.419 e. The van der Waals surface area contributed by atoms with Gasteiger partial charge in [0.25, 0.3) is 0 Å². The van der Waals surface area contributed by atoms with Crippen LogP contribution in [0.15, 0.2) is 27.5 Å². The maximum Gasteiger partial charge on any atom is 0.402 e. The minimum Gasteiger partial charge on any atom is -0.419 e. The summed E-state index contributed by atoms with van der Waals surface area (Å²) in [6, 6.07) is 0. The molecule has 17 heavy (non-hydrogen) atoms. The Hall–Kier alpha value is 0.400. The van der Waals surface area contributed by atoms with E-state index in [0.29, 0.717) is 17.9 Å². The van der Waals surface area contributed by atoms with Crippen molar-refractivity contribution < 1.29 is 9.53 Å². The molecule has 0 aromatic heterocycles. The number of amides is 1. The molecule has 0 atom stereocenters. The van der Waals surface area contributed by atoms with Gasteiger partial charge >= 0.3 is 6.09 Å². The number of halogens is 5. The van der Waals surface area contributed by atoms with Crippen LogP contribution in [0.5, 0.6) is 5.75 Å². The highest BCUT2D eigenvalue weighted by molar-refractivity contribution is 9.15. The maximum absolute atomic E-state index is 11.1. The molecule has 1 aromatic carbocycles. The molecule has 0 saturated heterocycles. The van der Waals surface area contributed by atoms with Gasteiger partial charge in [0.05, 0.1) is 17.9 Å². The van der Waals surface area contributed by atoms with Gasteiger partial charge in [0.1, 0.15) is 0 Å². The van der Waals surface area contributed by atoms with E-state index in [-0.39, 0.29) is 5.75 Å². The number of benzene rings is 1. The van der Waals surface area contributed by atoms with Crippen LogP contribution >= 0.6 is 79.6 Å². The van der Waals surface area contributed by atoms with Crippen LogP contribution < -0.4 is 4.74 Å². The van der Waals surface area contributed by atoms with Gasteiger partial charge in [-0.3, -0.25) is 0 Å². The first kappa shape index (κ1) is 15.5. The molecule has 0 saturated carbocycles. The van der Waals surface area contributed by atoms with Crippen molar-refractivity contribution in [3.8, 4) is 5.75 Å². The lowest BCUT2D eigenvalue weighted by Crippen LogP contribution is -2.02. The monoisotopic (exact) mass is 553 g/mol. The van der Waals surface area contributed by atoms with Gasteiger partial charge in [0.15, 0.2) is 5.75 Å². The molecule has 0 aliphatic carbocycles. The van der Waals surface area contributed by atoms with Gasteiger partial charge in [0.2, 0.25) is 0 Å². The highest BCUT2D eigenvalue weighted by Gasteiger charge is 2.20. The second-order valence-corrected chi connectivity index (χ2v) is 6.42. The summed E-state index contributed by atoms with van der Waals surface area (Å²) in [5.74, 6) is 0.198. The second kappa shape index (κ2) is 6.53. The zero-order valence-electron chi connectivity index (χ0n) is 7.55. The van der Waals surface area contributed by atoms with Crippen LogP contribution in [0.25, 0.3) is 10.4 Å². The molecule has 90 valence electrons. The molecule has 0 unspecified atom stereocenters. The third kappa shape index (κ3) is 3.45. The van der Waals surface area contributed by atoms with Crippen LogP contribution in [-0.4, -0.2) is 6.09 Å². The van der Waals surface area contributed by atoms with Crippen LogP contribution in [0.3, 0.4) is 0 Å². The molecule has 0 heterocycles. The number of hydrogen-bond donors (Lipinski definition) is 0. The summed E-state index contributed by atoms with van der Waals surface area (Å²) in [6.45, 7) is 0. The highest BCUT2D eigenvalue weighted by atomic mass is 79.9. The quantitative estimate of drug-likeness (QED) is 0.133. The Labute approximate surface area is 138 Å². The SMILES string of the molecule is [N-]=[N+]=NC(=O)Oc1c(Br)c(Br)c(Br)c(Br)c1Br. The summed E-state index contributed by atoms with van der Waals surface area (Å²) in [7, 11) is 0. The average molecular weight is 558 g/mol. The molecule has 0 N–H and O–H groups in total. The molecule has 10 heteroatoms. The van der Waals surface area contributed by atoms with Crippen molar-refractivity contribution in [3.05, 3.63) is 32.8 Å². The zero-order chi connectivity index (χ0) is 13.2. The third-order valence-corrected chi connectivity index (χ3v) is 7.51. The van der Waals surface area contributed by atoms with Gasteiger partial charge in [-0.1, -0.05) is 0 Å². The third-order valence-electron chi connectivity index (χ3n) is 1.49. The first-order valence-electron chi connectivity index (χ1n) is 3.68. The van der Waals surface area contributed by atoms with E-state index in [9.17, 15) is 4.79 Å². The van der Waals surface area contributed by atoms with Gasteiger partial charge in [-0.25, -0.2) is 4.79 Å². The number of carbonyl (C=O) groups is 1. The minimum atomic E-state index is -1.05. The van der Waals surface area contributed by atoms with E-state index >= 15 is 0 Å². The van der Waals surface area contributed by atoms with Gasteiger partial charge in [-0.2, -0.15) is 0 Å². The number of hydrogen-bond acceptors (Lipinski definition) is 2. The summed E-state index contributed by atoms with van der Waals surface area (Å²) in [6.07, 6.45) is -1.05. The van der Waals surface area contributed by atoms with E-state index in [1.165, 1.54) is 0 Å². The Bertz CT molecular complexity index is 512. The Kier molecular flexibility index (Phi) is 5.94. The van der Waals surface area contributed by atoms with Crippen LogP contribution in [-0.2, 0) is 0 Å². The van der Waals surface area contributed by atoms with Gasteiger partial charge in [-0.15, -0.1) is 0 Å². The minimum absolute atomic E-state index is 0.198. The fourth-order valence-electron chi connectivity index (χ4n) is 0.819. The van der Waals surface area contributed by atoms with Crippen LogP contribution in [0.1, 0.15) is 0 Å². The Morgan fingerprint density at radius 2 is 1.41 bits per heavy atom. The highest BCUT2D eigenvalue weighted by Crippen LogP contribution is 2.48. The number of rotatable bonds is 1. The summed E-state index contributed by atoms with van der Waals surface area (Å²) >= 11 is 16.5. The van der Waals surface area contributed by atoms with Gasteiger partial charge in [0, 0.05) is 14.5 Å². The van der Waals surface area contributed by atoms with Gasteiger partial charge in [-0.05, 0) is 85.2 Å². The molecular weight excluding hydrogens is 558 g/mol. The molecule has 5 nitrogen and oxygen atoms in total. The van der Waals surface area contributed by atoms with E-state index in [0.717, 1.165) is 4.47 Å². The second-order valence-electron chi connectivity index (χ2n) is 2.46. The van der Waals surface area contributed by atoms with E-state index < -0.39 is 6.09 Å². The van der Waals surface area contributed by atoms with Crippen molar-refractivity contribution in [1.29, 1.82) is 0 Å². The molecule has 1 amide bonds. The lowest BCUT2D eigenvalue weighted by atomic mass is 10.3. The molecule has 0 fully saturated rings. The van der Waals surface area contributed by atoms with Crippen molar-refractivity contribution in [2.75, 3.05) is 0 Å². The topological polar surface area (TPSA) is 75.1 Å². The lowest BCUT2D eigenvalue weighted by Gasteiger charge is -2.12. The summed E-state index contributed by atoms with van der Waals surface area (Å²) in [4.78, 5) is 13.4. The normalized spacial score (nSPS) is 9.71. The van der Waals surface area contributed by atoms with Crippen molar-refractivity contribution in [1.82, 2.24) is 0 Å². The fraction of sp³-hybridized carbons (Fsp3) is 0. The molecule has 0 radical (unpaired) electrons. The summed E-state index contributed by atoms with van der Waals surface area (Å²) in [5, 5.41) is 2.82. The van der Waals surface area contributed by atoms with Gasteiger partial charge < -0.3 is 4.74 Å².